The highest BCUT2D eigenvalue weighted by atomic mass is 16.2. The van der Waals surface area contributed by atoms with Gasteiger partial charge in [-0.25, -0.2) is 4.79 Å². The average molecular weight is 306 g/mol. The number of anilines is 2. The predicted molar refractivity (Wildman–Crippen MR) is 90.3 cm³/mol. The van der Waals surface area contributed by atoms with Gasteiger partial charge in [-0.1, -0.05) is 6.07 Å². The highest BCUT2D eigenvalue weighted by molar-refractivity contribution is 5.90. The number of nitrogens with zero attached hydrogens (tertiary/aromatic N) is 1. The smallest absolute Gasteiger partial charge is 0.319 e. The zero-order valence-electron chi connectivity index (χ0n) is 14.0. The fraction of sp³-hybridized carbons (Fsp3) is 0.500. The van der Waals surface area contributed by atoms with E-state index in [0.29, 0.717) is 12.8 Å². The molecule has 0 fully saturated rings. The molecule has 0 aliphatic rings. The zero-order chi connectivity index (χ0) is 16.8. The van der Waals surface area contributed by atoms with Crippen LogP contribution >= 0.6 is 0 Å². The minimum atomic E-state index is -0.463. The van der Waals surface area contributed by atoms with Crippen LogP contribution in [0.3, 0.4) is 0 Å². The molecule has 3 N–H and O–H groups in total. The molecule has 1 aromatic rings. The Morgan fingerprint density at radius 2 is 1.91 bits per heavy atom. The molecule has 6 heteroatoms. The minimum Gasteiger partial charge on any atom is -0.378 e. The van der Waals surface area contributed by atoms with Gasteiger partial charge in [0.25, 0.3) is 0 Å². The Morgan fingerprint density at radius 1 is 1.23 bits per heavy atom. The molecule has 0 unspecified atom stereocenters. The lowest BCUT2D eigenvalue weighted by Gasteiger charge is -2.26. The van der Waals surface area contributed by atoms with Gasteiger partial charge in [-0.15, -0.1) is 0 Å². The van der Waals surface area contributed by atoms with E-state index in [1.807, 2.05) is 57.1 Å². The summed E-state index contributed by atoms with van der Waals surface area (Å²) in [5.41, 5.74) is 1.28. The third-order valence-corrected chi connectivity index (χ3v) is 3.33. The second-order valence-electron chi connectivity index (χ2n) is 6.08. The number of amides is 3. The number of rotatable bonds is 6. The number of benzene rings is 1. The minimum absolute atomic E-state index is 0.0334. The molecule has 0 aliphatic carbocycles. The fourth-order valence-electron chi connectivity index (χ4n) is 1.95. The Balaban J connectivity index is 2.58. The maximum atomic E-state index is 12.1. The number of nitrogens with one attached hydrogen (secondary N) is 3. The van der Waals surface area contributed by atoms with Gasteiger partial charge in [-0.2, -0.15) is 0 Å². The molecule has 1 aromatic carbocycles. The topological polar surface area (TPSA) is 73.5 Å². The summed E-state index contributed by atoms with van der Waals surface area (Å²) in [6.45, 7) is 3.79. The van der Waals surface area contributed by atoms with E-state index in [9.17, 15) is 9.59 Å². The molecule has 0 saturated carbocycles. The molecule has 22 heavy (non-hydrogen) atoms. The number of carbonyl (C=O) groups excluding carboxylic acids is 2. The monoisotopic (exact) mass is 306 g/mol. The number of hydrogen-bond donors (Lipinski definition) is 3. The second-order valence-corrected chi connectivity index (χ2v) is 6.08. The summed E-state index contributed by atoms with van der Waals surface area (Å²) in [4.78, 5) is 25.3. The molecule has 0 saturated heterocycles. The third kappa shape index (κ3) is 6.03. The normalized spacial score (nSPS) is 10.8. The first-order valence-corrected chi connectivity index (χ1v) is 7.30. The molecule has 0 atom stereocenters. The van der Waals surface area contributed by atoms with Gasteiger partial charge in [0, 0.05) is 44.5 Å². The molecule has 0 bridgehead atoms. The van der Waals surface area contributed by atoms with Crippen LogP contribution in [0.5, 0.6) is 0 Å². The lowest BCUT2D eigenvalue weighted by molar-refractivity contribution is -0.120. The quantitative estimate of drug-likeness (QED) is 0.754. The summed E-state index contributed by atoms with van der Waals surface area (Å²) in [6, 6.07) is 7.32. The van der Waals surface area contributed by atoms with Crippen molar-refractivity contribution < 1.29 is 9.59 Å². The van der Waals surface area contributed by atoms with Crippen LogP contribution in [0, 0.1) is 0 Å². The molecular weight excluding hydrogens is 280 g/mol. The molecule has 0 aliphatic heterocycles. The lowest BCUT2D eigenvalue weighted by atomic mass is 9.98. The van der Waals surface area contributed by atoms with Crippen LogP contribution in [-0.2, 0) is 4.79 Å². The molecule has 3 amide bonds. The van der Waals surface area contributed by atoms with E-state index >= 15 is 0 Å². The van der Waals surface area contributed by atoms with Crippen molar-refractivity contribution in [2.45, 2.75) is 32.2 Å². The van der Waals surface area contributed by atoms with Gasteiger partial charge in [0.15, 0.2) is 0 Å². The summed E-state index contributed by atoms with van der Waals surface area (Å²) in [6.07, 6.45) is 0.942. The van der Waals surface area contributed by atoms with Crippen LogP contribution in [-0.4, -0.2) is 38.6 Å². The Bertz CT molecular complexity index is 527. The van der Waals surface area contributed by atoms with Crippen molar-refractivity contribution in [3.63, 3.8) is 0 Å². The van der Waals surface area contributed by atoms with Crippen molar-refractivity contribution in [1.82, 2.24) is 10.6 Å². The van der Waals surface area contributed by atoms with Crippen LogP contribution in [0.2, 0.25) is 0 Å². The van der Waals surface area contributed by atoms with Gasteiger partial charge < -0.3 is 20.9 Å². The van der Waals surface area contributed by atoms with Crippen molar-refractivity contribution in [3.8, 4) is 0 Å². The van der Waals surface area contributed by atoms with Crippen molar-refractivity contribution in [1.29, 1.82) is 0 Å². The average Bonchev–Trinajstić information content (AvgIpc) is 2.44. The first kappa shape index (κ1) is 17.8. The van der Waals surface area contributed by atoms with Crippen molar-refractivity contribution >= 4 is 23.3 Å². The molecule has 6 nitrogen and oxygen atoms in total. The molecule has 1 rings (SSSR count). The zero-order valence-corrected chi connectivity index (χ0v) is 14.0. The largest absolute Gasteiger partial charge is 0.378 e. The van der Waals surface area contributed by atoms with Crippen LogP contribution in [0.1, 0.15) is 26.7 Å². The Morgan fingerprint density at radius 3 is 2.50 bits per heavy atom. The van der Waals surface area contributed by atoms with E-state index in [0.717, 1.165) is 11.4 Å². The Hall–Kier alpha value is -2.24. The van der Waals surface area contributed by atoms with Crippen molar-refractivity contribution in [3.05, 3.63) is 24.3 Å². The maximum absolute atomic E-state index is 12.1. The summed E-state index contributed by atoms with van der Waals surface area (Å²) in [5, 5.41) is 8.28. The molecule has 0 heterocycles. The predicted octanol–water partition coefficient (Wildman–Crippen LogP) is 2.18. The van der Waals surface area contributed by atoms with Crippen molar-refractivity contribution in [2.75, 3.05) is 31.4 Å². The van der Waals surface area contributed by atoms with Gasteiger partial charge in [0.1, 0.15) is 0 Å². The number of urea groups is 1. The molecule has 0 spiro atoms. The van der Waals surface area contributed by atoms with Crippen LogP contribution in [0.25, 0.3) is 0 Å². The van der Waals surface area contributed by atoms with Crippen LogP contribution in [0.15, 0.2) is 24.3 Å². The maximum Gasteiger partial charge on any atom is 0.319 e. The first-order chi connectivity index (χ1) is 10.2. The molecule has 0 radical (unpaired) electrons. The van der Waals surface area contributed by atoms with Gasteiger partial charge in [0.05, 0.1) is 0 Å². The van der Waals surface area contributed by atoms with E-state index < -0.39 is 5.54 Å². The van der Waals surface area contributed by atoms with E-state index in [4.69, 9.17) is 0 Å². The summed E-state index contributed by atoms with van der Waals surface area (Å²) in [5.74, 6) is -0.0334. The Kier molecular flexibility index (Phi) is 6.22. The highest BCUT2D eigenvalue weighted by Crippen LogP contribution is 2.18. The number of carbonyl (C=O) groups is 2. The van der Waals surface area contributed by atoms with E-state index in [1.54, 1.807) is 7.05 Å². The van der Waals surface area contributed by atoms with Crippen LogP contribution < -0.4 is 20.9 Å². The summed E-state index contributed by atoms with van der Waals surface area (Å²) >= 11 is 0. The third-order valence-electron chi connectivity index (χ3n) is 3.33. The first-order valence-electron chi connectivity index (χ1n) is 7.30. The number of hydrogen-bond acceptors (Lipinski definition) is 3. The van der Waals surface area contributed by atoms with E-state index in [2.05, 4.69) is 16.0 Å². The van der Waals surface area contributed by atoms with E-state index in [1.165, 1.54) is 0 Å². The molecule has 0 aromatic heterocycles. The molecule has 122 valence electrons. The fourth-order valence-corrected chi connectivity index (χ4v) is 1.95. The van der Waals surface area contributed by atoms with Gasteiger partial charge in [-0.3, -0.25) is 4.79 Å². The summed E-state index contributed by atoms with van der Waals surface area (Å²) in [7, 11) is 5.50. The van der Waals surface area contributed by atoms with E-state index in [-0.39, 0.29) is 11.9 Å². The SMILES string of the molecule is CNC(=O)CCC(C)(C)NC(=O)Nc1cccc(N(C)C)c1. The van der Waals surface area contributed by atoms with Crippen LogP contribution in [0.4, 0.5) is 16.2 Å². The van der Waals surface area contributed by atoms with Gasteiger partial charge >= 0.3 is 6.03 Å². The highest BCUT2D eigenvalue weighted by Gasteiger charge is 2.21. The summed E-state index contributed by atoms with van der Waals surface area (Å²) < 4.78 is 0. The van der Waals surface area contributed by atoms with Gasteiger partial charge in [0.2, 0.25) is 5.91 Å². The lowest BCUT2D eigenvalue weighted by Crippen LogP contribution is -2.46. The standard InChI is InChI=1S/C16H26N4O2/c1-16(2,10-9-14(21)17-3)19-15(22)18-12-7-6-8-13(11-12)20(4)5/h6-8,11H,9-10H2,1-5H3,(H,17,21)(H2,18,19,22). The molecular formula is C16H26N4O2. The Labute approximate surface area is 132 Å². The van der Waals surface area contributed by atoms with Crippen molar-refractivity contribution in [2.24, 2.45) is 0 Å². The second kappa shape index (κ2) is 7.68. The van der Waals surface area contributed by atoms with Gasteiger partial charge in [-0.05, 0) is 38.5 Å².